The van der Waals surface area contributed by atoms with Crippen LogP contribution in [0.2, 0.25) is 5.02 Å². The van der Waals surface area contributed by atoms with E-state index in [1.807, 2.05) is 6.07 Å². The molecule has 0 fully saturated rings. The molecule has 0 atom stereocenters. The zero-order valence-electron chi connectivity index (χ0n) is 10.6. The first kappa shape index (κ1) is 15.4. The Hall–Kier alpha value is -0.940. The smallest absolute Gasteiger partial charge is 0.326 e. The molecule has 1 aromatic carbocycles. The van der Waals surface area contributed by atoms with Gasteiger partial charge in [-0.15, -0.1) is 11.6 Å². The van der Waals surface area contributed by atoms with Crippen LogP contribution >= 0.6 is 23.2 Å². The number of para-hydroxylation sites is 1. The van der Waals surface area contributed by atoms with Gasteiger partial charge < -0.3 is 4.57 Å². The van der Waals surface area contributed by atoms with Gasteiger partial charge in [0.25, 0.3) is 0 Å². The molecule has 0 spiro atoms. The van der Waals surface area contributed by atoms with E-state index in [9.17, 15) is 13.2 Å². The number of alkyl halides is 4. The minimum Gasteiger partial charge on any atom is -0.326 e. The van der Waals surface area contributed by atoms with Crippen molar-refractivity contribution in [3.05, 3.63) is 29.0 Å². The van der Waals surface area contributed by atoms with E-state index in [2.05, 4.69) is 4.98 Å². The third-order valence-electron chi connectivity index (χ3n) is 3.01. The number of benzene rings is 1. The fraction of sp³-hybridized carbons (Fsp3) is 0.462. The SMILES string of the molecule is FC(F)(F)CCCCn1c(CCl)nc2cccc(Cl)c21. The van der Waals surface area contributed by atoms with Crippen molar-refractivity contribution in [3.63, 3.8) is 0 Å². The highest BCUT2D eigenvalue weighted by Crippen LogP contribution is 2.27. The van der Waals surface area contributed by atoms with Gasteiger partial charge in [-0.2, -0.15) is 13.2 Å². The largest absolute Gasteiger partial charge is 0.389 e. The summed E-state index contributed by atoms with van der Waals surface area (Å²) in [4.78, 5) is 4.34. The Morgan fingerprint density at radius 1 is 1.20 bits per heavy atom. The Morgan fingerprint density at radius 2 is 1.95 bits per heavy atom. The van der Waals surface area contributed by atoms with E-state index in [0.717, 1.165) is 5.52 Å². The van der Waals surface area contributed by atoms with E-state index in [0.29, 0.717) is 29.3 Å². The number of hydrogen-bond donors (Lipinski definition) is 0. The lowest BCUT2D eigenvalue weighted by molar-refractivity contribution is -0.135. The van der Waals surface area contributed by atoms with Crippen molar-refractivity contribution >= 4 is 34.2 Å². The first-order valence-electron chi connectivity index (χ1n) is 6.18. The number of hydrogen-bond acceptors (Lipinski definition) is 1. The maximum atomic E-state index is 12.1. The van der Waals surface area contributed by atoms with Gasteiger partial charge in [-0.1, -0.05) is 17.7 Å². The average Bonchev–Trinajstić information content (AvgIpc) is 2.73. The molecule has 110 valence electrons. The number of rotatable bonds is 5. The fourth-order valence-corrected chi connectivity index (χ4v) is 2.60. The van der Waals surface area contributed by atoms with Gasteiger partial charge in [0.15, 0.2) is 0 Å². The molecular weight excluding hydrogens is 312 g/mol. The molecule has 2 rings (SSSR count). The van der Waals surface area contributed by atoms with Crippen molar-refractivity contribution in [2.75, 3.05) is 0 Å². The van der Waals surface area contributed by atoms with Crippen molar-refractivity contribution in [2.45, 2.75) is 37.9 Å². The van der Waals surface area contributed by atoms with Crippen molar-refractivity contribution in [1.29, 1.82) is 0 Å². The quantitative estimate of drug-likeness (QED) is 0.548. The first-order chi connectivity index (χ1) is 9.42. The number of halogens is 5. The summed E-state index contributed by atoms with van der Waals surface area (Å²) in [5.41, 5.74) is 1.45. The lowest BCUT2D eigenvalue weighted by atomic mass is 10.2. The number of aryl methyl sites for hydroxylation is 1. The lowest BCUT2D eigenvalue weighted by Crippen LogP contribution is -2.08. The summed E-state index contributed by atoms with van der Waals surface area (Å²) in [5.74, 6) is 0.825. The number of fused-ring (bicyclic) bond motifs is 1. The standard InChI is InChI=1S/C13H13Cl2F3N2/c14-8-11-19-10-5-3-4-9(15)12(10)20(11)7-2-1-6-13(16,17)18/h3-5H,1-2,6-8H2. The highest BCUT2D eigenvalue weighted by Gasteiger charge is 2.26. The molecule has 7 heteroatoms. The Balaban J connectivity index is 2.16. The van der Waals surface area contributed by atoms with Crippen molar-refractivity contribution in [2.24, 2.45) is 0 Å². The zero-order chi connectivity index (χ0) is 14.8. The van der Waals surface area contributed by atoms with Gasteiger partial charge in [-0.25, -0.2) is 4.98 Å². The van der Waals surface area contributed by atoms with Crippen LogP contribution in [-0.2, 0) is 12.4 Å². The van der Waals surface area contributed by atoms with Crippen LogP contribution in [0.4, 0.5) is 13.2 Å². The summed E-state index contributed by atoms with van der Waals surface area (Å²) in [6, 6.07) is 5.32. The molecule has 0 saturated carbocycles. The normalized spacial score (nSPS) is 12.2. The average molecular weight is 325 g/mol. The van der Waals surface area contributed by atoms with E-state index < -0.39 is 12.6 Å². The van der Waals surface area contributed by atoms with Crippen molar-refractivity contribution in [1.82, 2.24) is 9.55 Å². The third kappa shape index (κ3) is 3.58. The summed E-state index contributed by atoms with van der Waals surface area (Å²) < 4.78 is 38.2. The molecule has 0 aliphatic rings. The summed E-state index contributed by atoms with van der Waals surface area (Å²) in [5, 5.41) is 0.530. The molecule has 0 N–H and O–H groups in total. The Bertz CT molecular complexity index is 593. The molecular formula is C13H13Cl2F3N2. The van der Waals surface area contributed by atoms with Gasteiger partial charge in [-0.05, 0) is 25.0 Å². The summed E-state index contributed by atoms with van der Waals surface area (Å²) in [6.45, 7) is 0.429. The van der Waals surface area contributed by atoms with Crippen molar-refractivity contribution in [3.8, 4) is 0 Å². The predicted molar refractivity (Wildman–Crippen MR) is 74.2 cm³/mol. The van der Waals surface area contributed by atoms with Crippen LogP contribution in [0.25, 0.3) is 11.0 Å². The second-order valence-corrected chi connectivity index (χ2v) is 5.17. The third-order valence-corrected chi connectivity index (χ3v) is 3.55. The monoisotopic (exact) mass is 324 g/mol. The Morgan fingerprint density at radius 3 is 2.60 bits per heavy atom. The topological polar surface area (TPSA) is 17.8 Å². The number of aromatic nitrogens is 2. The van der Waals surface area contributed by atoms with Gasteiger partial charge >= 0.3 is 6.18 Å². The molecule has 1 aromatic heterocycles. The van der Waals surface area contributed by atoms with Crippen LogP contribution in [0.15, 0.2) is 18.2 Å². The maximum absolute atomic E-state index is 12.1. The number of nitrogens with zero attached hydrogens (tertiary/aromatic N) is 2. The summed E-state index contributed by atoms with van der Waals surface area (Å²) >= 11 is 12.0. The van der Waals surface area contributed by atoms with Crippen LogP contribution in [0.1, 0.15) is 25.1 Å². The van der Waals surface area contributed by atoms with Gasteiger partial charge in [0.1, 0.15) is 5.82 Å². The van der Waals surface area contributed by atoms with Crippen molar-refractivity contribution < 1.29 is 13.2 Å². The van der Waals surface area contributed by atoms with Crippen LogP contribution in [0.3, 0.4) is 0 Å². The van der Waals surface area contributed by atoms with Crippen LogP contribution in [0.5, 0.6) is 0 Å². The molecule has 2 nitrogen and oxygen atoms in total. The first-order valence-corrected chi connectivity index (χ1v) is 7.10. The maximum Gasteiger partial charge on any atom is 0.389 e. The molecule has 2 aromatic rings. The molecule has 0 amide bonds. The van der Waals surface area contributed by atoms with E-state index in [4.69, 9.17) is 23.2 Å². The molecule has 0 radical (unpaired) electrons. The van der Waals surface area contributed by atoms with E-state index in [1.54, 1.807) is 16.7 Å². The van der Waals surface area contributed by atoms with Crippen LogP contribution in [-0.4, -0.2) is 15.7 Å². The van der Waals surface area contributed by atoms with E-state index in [1.165, 1.54) is 0 Å². The minimum absolute atomic E-state index is 0.0787. The van der Waals surface area contributed by atoms with Crippen LogP contribution in [0, 0.1) is 0 Å². The Kier molecular flexibility index (Phi) is 4.81. The zero-order valence-corrected chi connectivity index (χ0v) is 12.1. The minimum atomic E-state index is -4.11. The Labute approximate surface area is 124 Å². The summed E-state index contributed by atoms with van der Waals surface area (Å²) in [7, 11) is 0. The van der Waals surface area contributed by atoms with Gasteiger partial charge in [0.2, 0.25) is 0 Å². The molecule has 0 aliphatic heterocycles. The molecule has 20 heavy (non-hydrogen) atoms. The van der Waals surface area contributed by atoms with Gasteiger partial charge in [0, 0.05) is 13.0 Å². The van der Waals surface area contributed by atoms with Gasteiger partial charge in [-0.3, -0.25) is 0 Å². The second-order valence-electron chi connectivity index (χ2n) is 4.49. The molecule has 0 bridgehead atoms. The highest BCUT2D eigenvalue weighted by atomic mass is 35.5. The van der Waals surface area contributed by atoms with Crippen LogP contribution < -0.4 is 0 Å². The molecule has 0 saturated heterocycles. The van der Waals surface area contributed by atoms with E-state index in [-0.39, 0.29) is 12.3 Å². The predicted octanol–water partition coefficient (Wildman–Crippen LogP) is 5.16. The second kappa shape index (κ2) is 6.22. The fourth-order valence-electron chi connectivity index (χ4n) is 2.13. The van der Waals surface area contributed by atoms with E-state index >= 15 is 0 Å². The highest BCUT2D eigenvalue weighted by molar-refractivity contribution is 6.35. The summed E-state index contributed by atoms with van der Waals surface area (Å²) in [6.07, 6.45) is -4.40. The number of unbranched alkanes of at least 4 members (excludes halogenated alkanes) is 1. The molecule has 0 aliphatic carbocycles. The molecule has 0 unspecified atom stereocenters. The van der Waals surface area contributed by atoms with Gasteiger partial charge in [0.05, 0.1) is 21.9 Å². The number of imidazole rings is 1. The lowest BCUT2D eigenvalue weighted by Gasteiger charge is -2.09. The molecule has 1 heterocycles.